The molecule has 4 nitrogen and oxygen atoms in total. The summed E-state index contributed by atoms with van der Waals surface area (Å²) in [6.07, 6.45) is 2.12. The quantitative estimate of drug-likeness (QED) is 0.861. The fourth-order valence-electron chi connectivity index (χ4n) is 1.85. The number of aliphatic hydroxyl groups excluding tert-OH is 1. The van der Waals surface area contributed by atoms with E-state index in [9.17, 15) is 5.11 Å². The zero-order valence-corrected chi connectivity index (χ0v) is 10.8. The summed E-state index contributed by atoms with van der Waals surface area (Å²) in [7, 11) is 0. The fourth-order valence-corrected chi connectivity index (χ4v) is 2.06. The molecular weight excluding hydrogens is 270 g/mol. The van der Waals surface area contributed by atoms with E-state index in [0.29, 0.717) is 12.5 Å². The number of aromatic nitrogens is 2. The van der Waals surface area contributed by atoms with E-state index in [4.69, 9.17) is 0 Å². The second kappa shape index (κ2) is 5.21. The highest BCUT2D eigenvalue weighted by atomic mass is 79.9. The zero-order valence-electron chi connectivity index (χ0n) is 9.23. The van der Waals surface area contributed by atoms with Gasteiger partial charge in [0.2, 0.25) is 0 Å². The molecule has 2 N–H and O–H groups in total. The van der Waals surface area contributed by atoms with Crippen LogP contribution in [0.5, 0.6) is 0 Å². The SMILES string of the molecule is CC(O)C(NCc1ccc(Br)nn1)C1CC1. The minimum absolute atomic E-state index is 0.186. The Balaban J connectivity index is 1.87. The first-order valence-electron chi connectivity index (χ1n) is 5.56. The van der Waals surface area contributed by atoms with Gasteiger partial charge in [0.1, 0.15) is 4.60 Å². The second-order valence-corrected chi connectivity index (χ2v) is 5.14. The Morgan fingerprint density at radius 3 is 2.75 bits per heavy atom. The highest BCUT2D eigenvalue weighted by Gasteiger charge is 2.33. The van der Waals surface area contributed by atoms with Crippen molar-refractivity contribution in [2.45, 2.75) is 38.5 Å². The second-order valence-electron chi connectivity index (χ2n) is 4.33. The molecule has 5 heteroatoms. The van der Waals surface area contributed by atoms with Crippen molar-refractivity contribution in [3.05, 3.63) is 22.4 Å². The maximum Gasteiger partial charge on any atom is 0.128 e. The number of nitrogens with zero attached hydrogens (tertiary/aromatic N) is 2. The molecule has 0 aliphatic heterocycles. The summed E-state index contributed by atoms with van der Waals surface area (Å²) in [6.45, 7) is 2.50. The molecule has 0 amide bonds. The smallest absolute Gasteiger partial charge is 0.128 e. The highest BCUT2D eigenvalue weighted by molar-refractivity contribution is 9.10. The van der Waals surface area contributed by atoms with Gasteiger partial charge in [-0.3, -0.25) is 0 Å². The summed E-state index contributed by atoms with van der Waals surface area (Å²) in [5, 5.41) is 21.0. The molecule has 0 saturated heterocycles. The van der Waals surface area contributed by atoms with Gasteiger partial charge in [-0.05, 0) is 53.7 Å². The van der Waals surface area contributed by atoms with Crippen molar-refractivity contribution in [1.29, 1.82) is 0 Å². The lowest BCUT2D eigenvalue weighted by Gasteiger charge is -2.20. The van der Waals surface area contributed by atoms with Crippen molar-refractivity contribution in [3.63, 3.8) is 0 Å². The first-order valence-corrected chi connectivity index (χ1v) is 6.35. The Morgan fingerprint density at radius 2 is 2.25 bits per heavy atom. The van der Waals surface area contributed by atoms with Crippen molar-refractivity contribution in [2.75, 3.05) is 0 Å². The summed E-state index contributed by atoms with van der Waals surface area (Å²) in [4.78, 5) is 0. The van der Waals surface area contributed by atoms with E-state index in [0.717, 1.165) is 10.3 Å². The average molecular weight is 286 g/mol. The molecule has 0 aromatic carbocycles. The van der Waals surface area contributed by atoms with Crippen LogP contribution in [0, 0.1) is 5.92 Å². The lowest BCUT2D eigenvalue weighted by atomic mass is 10.1. The summed E-state index contributed by atoms with van der Waals surface area (Å²) >= 11 is 3.25. The molecule has 1 fully saturated rings. The molecule has 2 atom stereocenters. The lowest BCUT2D eigenvalue weighted by molar-refractivity contribution is 0.133. The Kier molecular flexibility index (Phi) is 3.89. The molecule has 1 aromatic rings. The van der Waals surface area contributed by atoms with Gasteiger partial charge >= 0.3 is 0 Å². The van der Waals surface area contributed by atoms with Gasteiger partial charge in [-0.2, -0.15) is 5.10 Å². The first-order chi connectivity index (χ1) is 7.66. The van der Waals surface area contributed by atoms with Crippen LogP contribution in [0.2, 0.25) is 0 Å². The van der Waals surface area contributed by atoms with Crippen LogP contribution in [0.1, 0.15) is 25.5 Å². The van der Waals surface area contributed by atoms with Crippen molar-refractivity contribution in [3.8, 4) is 0 Å². The molecule has 2 unspecified atom stereocenters. The number of hydrogen-bond donors (Lipinski definition) is 2. The summed E-state index contributed by atoms with van der Waals surface area (Å²) < 4.78 is 0.741. The summed E-state index contributed by atoms with van der Waals surface area (Å²) in [5.41, 5.74) is 0.898. The van der Waals surface area contributed by atoms with Gasteiger partial charge in [0.15, 0.2) is 0 Å². The topological polar surface area (TPSA) is 58.0 Å². The van der Waals surface area contributed by atoms with Crippen LogP contribution in [0.4, 0.5) is 0 Å². The van der Waals surface area contributed by atoms with Crippen LogP contribution < -0.4 is 5.32 Å². The molecule has 1 saturated carbocycles. The largest absolute Gasteiger partial charge is 0.392 e. The monoisotopic (exact) mass is 285 g/mol. The van der Waals surface area contributed by atoms with Crippen LogP contribution in [0.3, 0.4) is 0 Å². The van der Waals surface area contributed by atoms with Crippen molar-refractivity contribution in [1.82, 2.24) is 15.5 Å². The molecule has 1 aromatic heterocycles. The minimum Gasteiger partial charge on any atom is -0.392 e. The van der Waals surface area contributed by atoms with E-state index in [1.54, 1.807) is 0 Å². The van der Waals surface area contributed by atoms with Gasteiger partial charge in [-0.1, -0.05) is 0 Å². The van der Waals surface area contributed by atoms with Gasteiger partial charge in [0.25, 0.3) is 0 Å². The fraction of sp³-hybridized carbons (Fsp3) is 0.636. The molecule has 0 radical (unpaired) electrons. The number of nitrogens with one attached hydrogen (secondary N) is 1. The van der Waals surface area contributed by atoms with E-state index >= 15 is 0 Å². The standard InChI is InChI=1S/C11H16BrN3O/c1-7(16)11(8-2-3-8)13-6-9-4-5-10(12)15-14-9/h4-5,7-8,11,13,16H,2-3,6H2,1H3. The zero-order chi connectivity index (χ0) is 11.5. The van der Waals surface area contributed by atoms with E-state index in [1.807, 2.05) is 19.1 Å². The summed E-state index contributed by atoms with van der Waals surface area (Å²) in [5.74, 6) is 0.628. The third-order valence-electron chi connectivity index (χ3n) is 2.86. The minimum atomic E-state index is -0.309. The van der Waals surface area contributed by atoms with Gasteiger partial charge in [-0.15, -0.1) is 5.10 Å². The molecule has 0 spiro atoms. The van der Waals surface area contributed by atoms with Crippen LogP contribution in [-0.2, 0) is 6.54 Å². The number of aliphatic hydroxyl groups is 1. The summed E-state index contributed by atoms with van der Waals surface area (Å²) in [6, 6.07) is 3.99. The number of hydrogen-bond acceptors (Lipinski definition) is 4. The highest BCUT2D eigenvalue weighted by Crippen LogP contribution is 2.34. The van der Waals surface area contributed by atoms with Gasteiger partial charge in [0, 0.05) is 12.6 Å². The maximum atomic E-state index is 9.64. The van der Waals surface area contributed by atoms with Gasteiger partial charge in [-0.25, -0.2) is 0 Å². The lowest BCUT2D eigenvalue weighted by Crippen LogP contribution is -2.39. The van der Waals surface area contributed by atoms with Crippen LogP contribution in [0.25, 0.3) is 0 Å². The number of rotatable bonds is 5. The molecular formula is C11H16BrN3O. The molecule has 88 valence electrons. The molecule has 16 heavy (non-hydrogen) atoms. The van der Waals surface area contributed by atoms with E-state index < -0.39 is 0 Å². The van der Waals surface area contributed by atoms with E-state index in [-0.39, 0.29) is 12.1 Å². The molecule has 0 bridgehead atoms. The maximum absolute atomic E-state index is 9.64. The van der Waals surface area contributed by atoms with Crippen LogP contribution in [0.15, 0.2) is 16.7 Å². The number of halogens is 1. The predicted molar refractivity (Wildman–Crippen MR) is 64.8 cm³/mol. The Labute approximate surface area is 104 Å². The van der Waals surface area contributed by atoms with Crippen molar-refractivity contribution < 1.29 is 5.11 Å². The van der Waals surface area contributed by atoms with Crippen LogP contribution >= 0.6 is 15.9 Å². The Hall–Kier alpha value is -0.520. The third-order valence-corrected chi connectivity index (χ3v) is 3.28. The van der Waals surface area contributed by atoms with E-state index in [1.165, 1.54) is 12.8 Å². The molecule has 1 aliphatic carbocycles. The van der Waals surface area contributed by atoms with Crippen molar-refractivity contribution >= 4 is 15.9 Å². The normalized spacial score (nSPS) is 19.4. The van der Waals surface area contributed by atoms with Gasteiger partial charge < -0.3 is 10.4 Å². The first kappa shape index (κ1) is 12.0. The molecule has 1 aliphatic rings. The van der Waals surface area contributed by atoms with Crippen molar-refractivity contribution in [2.24, 2.45) is 5.92 Å². The Bertz CT molecular complexity index is 336. The third kappa shape index (κ3) is 3.23. The Morgan fingerprint density at radius 1 is 1.50 bits per heavy atom. The van der Waals surface area contributed by atoms with Gasteiger partial charge in [0.05, 0.1) is 11.8 Å². The van der Waals surface area contributed by atoms with Crippen LogP contribution in [-0.4, -0.2) is 27.4 Å². The average Bonchev–Trinajstić information content (AvgIpc) is 3.05. The van der Waals surface area contributed by atoms with E-state index in [2.05, 4.69) is 31.4 Å². The predicted octanol–water partition coefficient (Wildman–Crippen LogP) is 1.49. The molecule has 2 rings (SSSR count). The molecule has 1 heterocycles.